The van der Waals surface area contributed by atoms with Gasteiger partial charge in [0.25, 0.3) is 5.91 Å². The van der Waals surface area contributed by atoms with Crippen LogP contribution in [0.15, 0.2) is 41.8 Å². The smallest absolute Gasteiger partial charge is 0.313 e. The molecule has 1 aromatic heterocycles. The topological polar surface area (TPSA) is 57.6 Å². The lowest BCUT2D eigenvalue weighted by Crippen LogP contribution is -2.57. The first-order chi connectivity index (χ1) is 11.0. The highest BCUT2D eigenvalue weighted by Gasteiger charge is 2.57. The number of amides is 1. The SMILES string of the molecule is CC1(c2cccs2)C(C(=O)O)c2ccccc2C(=O)N1C1CC1. The van der Waals surface area contributed by atoms with Crippen LogP contribution < -0.4 is 0 Å². The molecule has 0 saturated heterocycles. The molecule has 1 aliphatic carbocycles. The van der Waals surface area contributed by atoms with Crippen molar-refractivity contribution in [2.75, 3.05) is 0 Å². The fraction of sp³-hybridized carbons (Fsp3) is 0.333. The maximum Gasteiger partial charge on any atom is 0.313 e. The molecule has 4 rings (SSSR count). The van der Waals surface area contributed by atoms with Gasteiger partial charge in [0.05, 0.1) is 5.54 Å². The molecule has 1 saturated carbocycles. The van der Waals surface area contributed by atoms with Crippen molar-refractivity contribution in [2.24, 2.45) is 0 Å². The van der Waals surface area contributed by atoms with Gasteiger partial charge in [-0.1, -0.05) is 24.3 Å². The highest BCUT2D eigenvalue weighted by atomic mass is 32.1. The van der Waals surface area contributed by atoms with Gasteiger partial charge >= 0.3 is 5.97 Å². The quantitative estimate of drug-likeness (QED) is 0.939. The van der Waals surface area contributed by atoms with Crippen molar-refractivity contribution >= 4 is 23.2 Å². The van der Waals surface area contributed by atoms with E-state index < -0.39 is 17.4 Å². The van der Waals surface area contributed by atoms with Gasteiger partial charge in [-0.25, -0.2) is 0 Å². The van der Waals surface area contributed by atoms with Crippen LogP contribution in [-0.2, 0) is 10.3 Å². The van der Waals surface area contributed by atoms with Crippen molar-refractivity contribution in [3.05, 3.63) is 57.8 Å². The largest absolute Gasteiger partial charge is 0.481 e. The van der Waals surface area contributed by atoms with E-state index in [1.54, 1.807) is 18.2 Å². The third-order valence-electron chi connectivity index (χ3n) is 4.96. The predicted molar refractivity (Wildman–Crippen MR) is 87.7 cm³/mol. The summed E-state index contributed by atoms with van der Waals surface area (Å²) in [6, 6.07) is 11.1. The molecule has 2 aliphatic rings. The van der Waals surface area contributed by atoms with Gasteiger partial charge in [-0.15, -0.1) is 11.3 Å². The van der Waals surface area contributed by atoms with Crippen LogP contribution in [0.5, 0.6) is 0 Å². The second-order valence-corrected chi connectivity index (χ2v) is 7.34. The molecule has 0 spiro atoms. The van der Waals surface area contributed by atoms with Crippen molar-refractivity contribution in [3.8, 4) is 0 Å². The average molecular weight is 327 g/mol. The van der Waals surface area contributed by atoms with Crippen molar-refractivity contribution < 1.29 is 14.7 Å². The Kier molecular flexibility index (Phi) is 3.10. The predicted octanol–water partition coefficient (Wildman–Crippen LogP) is 3.45. The third kappa shape index (κ3) is 1.96. The summed E-state index contributed by atoms with van der Waals surface area (Å²) in [6.07, 6.45) is 1.89. The normalized spacial score (nSPS) is 26.9. The van der Waals surface area contributed by atoms with Gasteiger partial charge in [-0.3, -0.25) is 9.59 Å². The van der Waals surface area contributed by atoms with Crippen LogP contribution in [0.3, 0.4) is 0 Å². The summed E-state index contributed by atoms with van der Waals surface area (Å²) < 4.78 is 0. The van der Waals surface area contributed by atoms with Crippen molar-refractivity contribution in [1.29, 1.82) is 0 Å². The van der Waals surface area contributed by atoms with Gasteiger partial charge in [-0.05, 0) is 42.8 Å². The maximum atomic E-state index is 13.1. The van der Waals surface area contributed by atoms with Crippen LogP contribution in [0.4, 0.5) is 0 Å². The number of carbonyl (C=O) groups is 2. The number of carbonyl (C=O) groups excluding carboxylic acids is 1. The van der Waals surface area contributed by atoms with Crippen LogP contribution in [0.1, 0.15) is 46.5 Å². The number of aliphatic carboxylic acids is 1. The minimum atomic E-state index is -0.883. The van der Waals surface area contributed by atoms with E-state index >= 15 is 0 Å². The summed E-state index contributed by atoms with van der Waals surface area (Å²) in [5.74, 6) is -1.68. The molecule has 2 heterocycles. The van der Waals surface area contributed by atoms with E-state index in [4.69, 9.17) is 0 Å². The number of fused-ring (bicyclic) bond motifs is 1. The molecule has 2 aromatic rings. The molecular weight excluding hydrogens is 310 g/mol. The van der Waals surface area contributed by atoms with E-state index in [1.807, 2.05) is 35.4 Å². The lowest BCUT2D eigenvalue weighted by atomic mass is 9.72. The summed E-state index contributed by atoms with van der Waals surface area (Å²) in [7, 11) is 0. The van der Waals surface area contributed by atoms with Crippen LogP contribution in [0.2, 0.25) is 0 Å². The Morgan fingerprint density at radius 3 is 2.61 bits per heavy atom. The molecule has 5 heteroatoms. The molecule has 0 bridgehead atoms. The summed E-state index contributed by atoms with van der Waals surface area (Å²) in [5, 5.41) is 11.9. The highest BCUT2D eigenvalue weighted by molar-refractivity contribution is 7.10. The first-order valence-electron chi connectivity index (χ1n) is 7.74. The van der Waals surface area contributed by atoms with Gasteiger partial charge in [0.1, 0.15) is 5.92 Å². The molecule has 1 fully saturated rings. The number of benzene rings is 1. The molecule has 1 amide bonds. The van der Waals surface area contributed by atoms with Crippen molar-refractivity contribution in [3.63, 3.8) is 0 Å². The Labute approximate surface area is 138 Å². The lowest BCUT2D eigenvalue weighted by molar-refractivity contribution is -0.143. The lowest BCUT2D eigenvalue weighted by Gasteiger charge is -2.48. The Morgan fingerprint density at radius 1 is 1.26 bits per heavy atom. The second-order valence-electron chi connectivity index (χ2n) is 6.39. The Balaban J connectivity index is 2.00. The van der Waals surface area contributed by atoms with Crippen LogP contribution in [0.25, 0.3) is 0 Å². The molecular formula is C18H17NO3S. The van der Waals surface area contributed by atoms with Crippen molar-refractivity contribution in [2.45, 2.75) is 37.3 Å². The summed E-state index contributed by atoms with van der Waals surface area (Å²) in [6.45, 7) is 1.91. The van der Waals surface area contributed by atoms with E-state index in [9.17, 15) is 14.7 Å². The van der Waals surface area contributed by atoms with E-state index in [0.29, 0.717) is 11.1 Å². The van der Waals surface area contributed by atoms with Gasteiger partial charge < -0.3 is 10.0 Å². The number of hydrogen-bond acceptors (Lipinski definition) is 3. The van der Waals surface area contributed by atoms with Gasteiger partial charge in [0.2, 0.25) is 0 Å². The number of hydrogen-bond donors (Lipinski definition) is 1. The second kappa shape index (κ2) is 4.93. The van der Waals surface area contributed by atoms with Gasteiger partial charge in [0.15, 0.2) is 0 Å². The first-order valence-corrected chi connectivity index (χ1v) is 8.62. The Bertz CT molecular complexity index is 781. The molecule has 1 N–H and O–H groups in total. The number of rotatable bonds is 3. The number of thiophene rings is 1. The zero-order valence-electron chi connectivity index (χ0n) is 12.7. The molecule has 2 atom stereocenters. The monoisotopic (exact) mass is 327 g/mol. The molecule has 2 unspecified atom stereocenters. The van der Waals surface area contributed by atoms with Crippen LogP contribution >= 0.6 is 11.3 Å². The fourth-order valence-electron chi connectivity index (χ4n) is 3.80. The third-order valence-corrected chi connectivity index (χ3v) is 6.06. The fourth-order valence-corrected chi connectivity index (χ4v) is 4.72. The van der Waals surface area contributed by atoms with Gasteiger partial charge in [-0.2, -0.15) is 0 Å². The minimum absolute atomic E-state index is 0.0449. The van der Waals surface area contributed by atoms with Crippen LogP contribution in [-0.4, -0.2) is 27.9 Å². The number of nitrogens with zero attached hydrogens (tertiary/aromatic N) is 1. The Morgan fingerprint density at radius 2 is 2.00 bits per heavy atom. The van der Waals surface area contributed by atoms with E-state index in [-0.39, 0.29) is 11.9 Å². The van der Waals surface area contributed by atoms with Crippen LogP contribution in [0, 0.1) is 0 Å². The van der Waals surface area contributed by atoms with Crippen molar-refractivity contribution in [1.82, 2.24) is 4.90 Å². The van der Waals surface area contributed by atoms with Gasteiger partial charge in [0, 0.05) is 16.5 Å². The summed E-state index contributed by atoms with van der Waals surface area (Å²) in [4.78, 5) is 28.1. The van der Waals surface area contributed by atoms with E-state index in [2.05, 4.69) is 0 Å². The molecule has 118 valence electrons. The first kappa shape index (κ1) is 14.5. The molecule has 23 heavy (non-hydrogen) atoms. The maximum absolute atomic E-state index is 13.1. The zero-order chi connectivity index (χ0) is 16.2. The highest BCUT2D eigenvalue weighted by Crippen LogP contribution is 2.52. The molecule has 4 nitrogen and oxygen atoms in total. The standard InChI is InChI=1S/C18H17NO3S/c1-18(14-7-4-10-23-14)15(17(21)22)12-5-2-3-6-13(12)16(20)19(18)11-8-9-11/h2-7,10-11,15H,8-9H2,1H3,(H,21,22). The number of carboxylic acids is 1. The average Bonchev–Trinajstić information content (AvgIpc) is 3.18. The Hall–Kier alpha value is -2.14. The summed E-state index contributed by atoms with van der Waals surface area (Å²) in [5.41, 5.74) is 0.311. The van der Waals surface area contributed by atoms with E-state index in [0.717, 1.165) is 17.7 Å². The molecule has 0 radical (unpaired) electrons. The number of carboxylic acid groups (broad SMARTS) is 1. The molecule has 1 aromatic carbocycles. The summed E-state index contributed by atoms with van der Waals surface area (Å²) >= 11 is 1.52. The molecule has 1 aliphatic heterocycles. The minimum Gasteiger partial charge on any atom is -0.481 e. The zero-order valence-corrected chi connectivity index (χ0v) is 13.5. The van der Waals surface area contributed by atoms with E-state index in [1.165, 1.54) is 11.3 Å².